The molecular formula is C16H26BrN3. The van der Waals surface area contributed by atoms with Crippen LogP contribution in [0.5, 0.6) is 0 Å². The van der Waals surface area contributed by atoms with Crippen molar-refractivity contribution in [3.63, 3.8) is 0 Å². The molecular weight excluding hydrogens is 314 g/mol. The molecule has 4 heteroatoms. The Morgan fingerprint density at radius 3 is 2.70 bits per heavy atom. The highest BCUT2D eigenvalue weighted by molar-refractivity contribution is 9.10. The molecule has 1 N–H and O–H groups in total. The lowest BCUT2D eigenvalue weighted by molar-refractivity contribution is 0.346. The molecule has 1 aliphatic rings. The molecule has 1 aliphatic heterocycles. The number of rotatable bonds is 6. The van der Waals surface area contributed by atoms with E-state index in [1.807, 2.05) is 7.05 Å². The number of likely N-dealkylation sites (tertiary alicyclic amines) is 1. The molecule has 0 aliphatic carbocycles. The van der Waals surface area contributed by atoms with E-state index in [-0.39, 0.29) is 0 Å². The molecule has 1 atom stereocenters. The Morgan fingerprint density at radius 1 is 1.35 bits per heavy atom. The first-order chi connectivity index (χ1) is 9.61. The van der Waals surface area contributed by atoms with Gasteiger partial charge in [0, 0.05) is 36.3 Å². The fraction of sp³-hybridized carbons (Fsp3) is 0.625. The standard InChI is InChI=1S/C16H26BrN3/c1-13(18-2)15-12-14(17)6-7-16(15)19(3)10-11-20-8-4-5-9-20/h6-7,12-13,18H,4-5,8-11H2,1-3H3. The number of hydrogen-bond acceptors (Lipinski definition) is 3. The van der Waals surface area contributed by atoms with Gasteiger partial charge < -0.3 is 15.1 Å². The summed E-state index contributed by atoms with van der Waals surface area (Å²) in [5, 5.41) is 3.34. The van der Waals surface area contributed by atoms with Crippen LogP contribution < -0.4 is 10.2 Å². The van der Waals surface area contributed by atoms with Gasteiger partial charge in [-0.15, -0.1) is 0 Å². The molecule has 1 aromatic carbocycles. The highest BCUT2D eigenvalue weighted by atomic mass is 79.9. The van der Waals surface area contributed by atoms with Gasteiger partial charge in [-0.1, -0.05) is 15.9 Å². The van der Waals surface area contributed by atoms with Crippen molar-refractivity contribution in [2.75, 3.05) is 45.2 Å². The van der Waals surface area contributed by atoms with Crippen molar-refractivity contribution in [3.8, 4) is 0 Å². The number of halogens is 1. The lowest BCUT2D eigenvalue weighted by atomic mass is 10.1. The van der Waals surface area contributed by atoms with Gasteiger partial charge in [0.05, 0.1) is 0 Å². The van der Waals surface area contributed by atoms with Gasteiger partial charge in [0.25, 0.3) is 0 Å². The Morgan fingerprint density at radius 2 is 2.05 bits per heavy atom. The van der Waals surface area contributed by atoms with Crippen molar-refractivity contribution < 1.29 is 0 Å². The SMILES string of the molecule is CNC(C)c1cc(Br)ccc1N(C)CCN1CCCC1. The van der Waals surface area contributed by atoms with Crippen LogP contribution in [0, 0.1) is 0 Å². The van der Waals surface area contributed by atoms with Gasteiger partial charge in [-0.05, 0) is 63.7 Å². The number of likely N-dealkylation sites (N-methyl/N-ethyl adjacent to an activating group) is 1. The van der Waals surface area contributed by atoms with E-state index in [4.69, 9.17) is 0 Å². The Balaban J connectivity index is 2.05. The summed E-state index contributed by atoms with van der Waals surface area (Å²) in [6.45, 7) is 7.01. The predicted molar refractivity (Wildman–Crippen MR) is 90.6 cm³/mol. The van der Waals surface area contributed by atoms with E-state index in [0.29, 0.717) is 6.04 Å². The fourth-order valence-electron chi connectivity index (χ4n) is 2.79. The molecule has 112 valence electrons. The summed E-state index contributed by atoms with van der Waals surface area (Å²) in [6.07, 6.45) is 2.73. The van der Waals surface area contributed by atoms with Crippen LogP contribution in [0.3, 0.4) is 0 Å². The molecule has 0 aromatic heterocycles. The van der Waals surface area contributed by atoms with Crippen molar-refractivity contribution in [2.24, 2.45) is 0 Å². The lowest BCUT2D eigenvalue weighted by Gasteiger charge is -2.27. The molecule has 0 amide bonds. The van der Waals surface area contributed by atoms with Crippen molar-refractivity contribution in [2.45, 2.75) is 25.8 Å². The maximum atomic E-state index is 3.58. The molecule has 0 saturated carbocycles. The third-order valence-corrected chi connectivity index (χ3v) is 4.74. The summed E-state index contributed by atoms with van der Waals surface area (Å²) >= 11 is 3.58. The van der Waals surface area contributed by atoms with E-state index < -0.39 is 0 Å². The molecule has 3 nitrogen and oxygen atoms in total. The zero-order valence-electron chi connectivity index (χ0n) is 12.8. The van der Waals surface area contributed by atoms with Gasteiger partial charge in [-0.25, -0.2) is 0 Å². The third-order valence-electron chi connectivity index (χ3n) is 4.25. The molecule has 0 spiro atoms. The van der Waals surface area contributed by atoms with Crippen LogP contribution in [-0.4, -0.2) is 45.2 Å². The van der Waals surface area contributed by atoms with Gasteiger partial charge in [0.15, 0.2) is 0 Å². The molecule has 1 fully saturated rings. The summed E-state index contributed by atoms with van der Waals surface area (Å²) in [7, 11) is 4.21. The predicted octanol–water partition coefficient (Wildman–Crippen LogP) is 3.26. The van der Waals surface area contributed by atoms with Crippen LogP contribution in [0.1, 0.15) is 31.4 Å². The number of hydrogen-bond donors (Lipinski definition) is 1. The maximum absolute atomic E-state index is 3.58. The van der Waals surface area contributed by atoms with Crippen molar-refractivity contribution >= 4 is 21.6 Å². The molecule has 1 unspecified atom stereocenters. The van der Waals surface area contributed by atoms with E-state index in [1.54, 1.807) is 0 Å². The van der Waals surface area contributed by atoms with Crippen molar-refractivity contribution in [1.29, 1.82) is 0 Å². The number of anilines is 1. The summed E-state index contributed by atoms with van der Waals surface area (Å²) in [6, 6.07) is 6.94. The monoisotopic (exact) mass is 339 g/mol. The summed E-state index contributed by atoms with van der Waals surface area (Å²) in [5.41, 5.74) is 2.68. The highest BCUT2D eigenvalue weighted by Gasteiger charge is 2.15. The molecule has 0 bridgehead atoms. The summed E-state index contributed by atoms with van der Waals surface area (Å²) in [4.78, 5) is 4.95. The fourth-order valence-corrected chi connectivity index (χ4v) is 3.17. The molecule has 20 heavy (non-hydrogen) atoms. The second-order valence-electron chi connectivity index (χ2n) is 5.68. The van der Waals surface area contributed by atoms with Crippen LogP contribution >= 0.6 is 15.9 Å². The molecule has 1 aromatic rings. The van der Waals surface area contributed by atoms with Crippen LogP contribution in [0.25, 0.3) is 0 Å². The number of nitrogens with zero attached hydrogens (tertiary/aromatic N) is 2. The lowest BCUT2D eigenvalue weighted by Crippen LogP contribution is -2.32. The van der Waals surface area contributed by atoms with E-state index in [2.05, 4.69) is 63.2 Å². The molecule has 1 saturated heterocycles. The van der Waals surface area contributed by atoms with Crippen LogP contribution in [0.4, 0.5) is 5.69 Å². The smallest absolute Gasteiger partial charge is 0.0413 e. The van der Waals surface area contributed by atoms with E-state index in [9.17, 15) is 0 Å². The van der Waals surface area contributed by atoms with Crippen LogP contribution in [0.2, 0.25) is 0 Å². The Kier molecular flexibility index (Phi) is 5.87. The van der Waals surface area contributed by atoms with Gasteiger partial charge in [0.1, 0.15) is 0 Å². The minimum absolute atomic E-state index is 0.358. The molecule has 2 rings (SSSR count). The first-order valence-electron chi connectivity index (χ1n) is 7.52. The second kappa shape index (κ2) is 7.43. The third kappa shape index (κ3) is 3.96. The zero-order valence-corrected chi connectivity index (χ0v) is 14.4. The first kappa shape index (κ1) is 15.8. The minimum atomic E-state index is 0.358. The minimum Gasteiger partial charge on any atom is -0.373 e. The second-order valence-corrected chi connectivity index (χ2v) is 6.60. The average molecular weight is 340 g/mol. The highest BCUT2D eigenvalue weighted by Crippen LogP contribution is 2.28. The summed E-state index contributed by atoms with van der Waals surface area (Å²) < 4.78 is 1.14. The Bertz CT molecular complexity index is 430. The van der Waals surface area contributed by atoms with Gasteiger partial charge in [0.2, 0.25) is 0 Å². The first-order valence-corrected chi connectivity index (χ1v) is 8.31. The van der Waals surface area contributed by atoms with Gasteiger partial charge >= 0.3 is 0 Å². The Labute approximate surface area is 131 Å². The summed E-state index contributed by atoms with van der Waals surface area (Å²) in [5.74, 6) is 0. The number of benzene rings is 1. The number of nitrogens with one attached hydrogen (secondary N) is 1. The topological polar surface area (TPSA) is 18.5 Å². The quantitative estimate of drug-likeness (QED) is 0.858. The van der Waals surface area contributed by atoms with Crippen molar-refractivity contribution in [1.82, 2.24) is 10.2 Å². The Hall–Kier alpha value is -0.580. The van der Waals surface area contributed by atoms with Crippen LogP contribution in [0.15, 0.2) is 22.7 Å². The van der Waals surface area contributed by atoms with E-state index >= 15 is 0 Å². The molecule has 0 radical (unpaired) electrons. The average Bonchev–Trinajstić information content (AvgIpc) is 2.97. The normalized spacial score (nSPS) is 17.4. The van der Waals surface area contributed by atoms with E-state index in [1.165, 1.54) is 43.7 Å². The van der Waals surface area contributed by atoms with Crippen LogP contribution in [-0.2, 0) is 0 Å². The maximum Gasteiger partial charge on any atom is 0.0413 e. The van der Waals surface area contributed by atoms with E-state index in [0.717, 1.165) is 11.0 Å². The van der Waals surface area contributed by atoms with Gasteiger partial charge in [-0.2, -0.15) is 0 Å². The molecule has 1 heterocycles. The zero-order chi connectivity index (χ0) is 14.5. The van der Waals surface area contributed by atoms with Crippen molar-refractivity contribution in [3.05, 3.63) is 28.2 Å². The largest absolute Gasteiger partial charge is 0.373 e. The van der Waals surface area contributed by atoms with Gasteiger partial charge in [-0.3, -0.25) is 0 Å².